The van der Waals surface area contributed by atoms with Crippen molar-refractivity contribution >= 4 is 29.2 Å². The van der Waals surface area contributed by atoms with E-state index in [4.69, 9.17) is 28.9 Å². The molecule has 1 rings (SSSR count). The number of benzene rings is 1. The average molecular weight is 248 g/mol. The van der Waals surface area contributed by atoms with Crippen molar-refractivity contribution in [2.75, 3.05) is 7.11 Å². The minimum atomic E-state index is -0.700. The lowest BCUT2D eigenvalue weighted by atomic mass is 10.1. The monoisotopic (exact) mass is 247 g/mol. The normalized spacial score (nSPS) is 12.3. The van der Waals surface area contributed by atoms with Gasteiger partial charge in [0.05, 0.1) is 7.11 Å². The number of hydrogen-bond donors (Lipinski definition) is 1. The van der Waals surface area contributed by atoms with Crippen LogP contribution in [-0.2, 0) is 16.0 Å². The summed E-state index contributed by atoms with van der Waals surface area (Å²) in [6.45, 7) is 0. The fourth-order valence-electron chi connectivity index (χ4n) is 1.16. The third-order valence-electron chi connectivity index (χ3n) is 1.96. The summed E-state index contributed by atoms with van der Waals surface area (Å²) in [6.07, 6.45) is 0.336. The van der Waals surface area contributed by atoms with Gasteiger partial charge in [0.15, 0.2) is 0 Å². The molecule has 0 saturated carbocycles. The molecule has 15 heavy (non-hydrogen) atoms. The van der Waals surface area contributed by atoms with Crippen LogP contribution in [0.4, 0.5) is 0 Å². The third-order valence-corrected chi connectivity index (χ3v) is 2.55. The average Bonchev–Trinajstić information content (AvgIpc) is 2.20. The molecule has 1 unspecified atom stereocenters. The summed E-state index contributed by atoms with van der Waals surface area (Å²) in [5, 5.41) is 1.05. The summed E-state index contributed by atoms with van der Waals surface area (Å²) in [5.74, 6) is -0.457. The molecule has 0 bridgehead atoms. The second-order valence-corrected chi connectivity index (χ2v) is 3.91. The van der Waals surface area contributed by atoms with Gasteiger partial charge in [0, 0.05) is 10.0 Å². The lowest BCUT2D eigenvalue weighted by molar-refractivity contribution is -0.142. The van der Waals surface area contributed by atoms with E-state index in [0.717, 1.165) is 5.56 Å². The van der Waals surface area contributed by atoms with E-state index in [-0.39, 0.29) is 0 Å². The van der Waals surface area contributed by atoms with Gasteiger partial charge in [-0.2, -0.15) is 0 Å². The second kappa shape index (κ2) is 5.35. The van der Waals surface area contributed by atoms with E-state index in [9.17, 15) is 4.79 Å². The molecule has 82 valence electrons. The fraction of sp³-hybridized carbons (Fsp3) is 0.300. The van der Waals surface area contributed by atoms with Gasteiger partial charge in [-0.3, -0.25) is 4.79 Å². The molecule has 0 radical (unpaired) electrons. The van der Waals surface area contributed by atoms with Crippen LogP contribution in [0.1, 0.15) is 5.56 Å². The van der Waals surface area contributed by atoms with Crippen LogP contribution in [0.5, 0.6) is 0 Å². The van der Waals surface area contributed by atoms with Gasteiger partial charge >= 0.3 is 5.97 Å². The first kappa shape index (κ1) is 12.3. The maximum atomic E-state index is 11.1. The standard InChI is InChI=1S/C10H11Cl2NO2/c1-15-10(14)9(13)4-6-2-3-7(11)5-8(6)12/h2-3,5,9H,4,13H2,1H3. The van der Waals surface area contributed by atoms with Crippen LogP contribution in [0, 0.1) is 0 Å². The lowest BCUT2D eigenvalue weighted by Crippen LogP contribution is -2.33. The zero-order chi connectivity index (χ0) is 11.4. The molecule has 0 spiro atoms. The Bertz CT molecular complexity index is 368. The Morgan fingerprint density at radius 2 is 2.20 bits per heavy atom. The van der Waals surface area contributed by atoms with Crippen LogP contribution >= 0.6 is 23.2 Å². The maximum absolute atomic E-state index is 11.1. The van der Waals surface area contributed by atoms with Crippen molar-refractivity contribution in [3.63, 3.8) is 0 Å². The van der Waals surface area contributed by atoms with Crippen molar-refractivity contribution in [3.8, 4) is 0 Å². The van der Waals surface area contributed by atoms with Crippen LogP contribution in [0.15, 0.2) is 18.2 Å². The van der Waals surface area contributed by atoms with E-state index in [1.165, 1.54) is 7.11 Å². The lowest BCUT2D eigenvalue weighted by Gasteiger charge is -2.10. The number of methoxy groups -OCH3 is 1. The molecule has 0 aliphatic rings. The van der Waals surface area contributed by atoms with E-state index in [2.05, 4.69) is 4.74 Å². The Balaban J connectivity index is 2.76. The SMILES string of the molecule is COC(=O)C(N)Cc1ccc(Cl)cc1Cl. The summed E-state index contributed by atoms with van der Waals surface area (Å²) >= 11 is 11.7. The number of rotatable bonds is 3. The van der Waals surface area contributed by atoms with E-state index in [1.54, 1.807) is 18.2 Å². The molecule has 1 aromatic rings. The molecule has 5 heteroatoms. The fourth-order valence-corrected chi connectivity index (χ4v) is 1.64. The summed E-state index contributed by atoms with van der Waals surface area (Å²) in [4.78, 5) is 11.1. The van der Waals surface area contributed by atoms with Crippen LogP contribution < -0.4 is 5.73 Å². The second-order valence-electron chi connectivity index (χ2n) is 3.07. The highest BCUT2D eigenvalue weighted by Gasteiger charge is 2.15. The number of ether oxygens (including phenoxy) is 1. The number of nitrogens with two attached hydrogens (primary N) is 1. The molecule has 0 aliphatic carbocycles. The minimum Gasteiger partial charge on any atom is -0.468 e. The van der Waals surface area contributed by atoms with Gasteiger partial charge in [-0.1, -0.05) is 29.3 Å². The summed E-state index contributed by atoms with van der Waals surface area (Å²) in [5.41, 5.74) is 6.38. The molecule has 0 fully saturated rings. The van der Waals surface area contributed by atoms with Crippen molar-refractivity contribution < 1.29 is 9.53 Å². The van der Waals surface area contributed by atoms with E-state index < -0.39 is 12.0 Å². The number of esters is 1. The van der Waals surface area contributed by atoms with Crippen molar-refractivity contribution in [3.05, 3.63) is 33.8 Å². The highest BCUT2D eigenvalue weighted by Crippen LogP contribution is 2.21. The van der Waals surface area contributed by atoms with Crippen molar-refractivity contribution in [1.29, 1.82) is 0 Å². The first-order valence-electron chi connectivity index (χ1n) is 4.32. The Morgan fingerprint density at radius 3 is 2.73 bits per heavy atom. The molecule has 0 aromatic heterocycles. The van der Waals surface area contributed by atoms with E-state index in [1.807, 2.05) is 0 Å². The van der Waals surface area contributed by atoms with Gasteiger partial charge in [-0.05, 0) is 24.1 Å². The van der Waals surface area contributed by atoms with Crippen LogP contribution in [-0.4, -0.2) is 19.1 Å². The molecule has 1 atom stereocenters. The summed E-state index contributed by atoms with van der Waals surface area (Å²) < 4.78 is 4.51. The number of carbonyl (C=O) groups excluding carboxylic acids is 1. The molecule has 0 heterocycles. The molecular weight excluding hydrogens is 237 g/mol. The molecule has 1 aromatic carbocycles. The molecular formula is C10H11Cl2NO2. The van der Waals surface area contributed by atoms with Gasteiger partial charge in [0.25, 0.3) is 0 Å². The summed E-state index contributed by atoms with van der Waals surface area (Å²) in [6, 6.07) is 4.36. The zero-order valence-electron chi connectivity index (χ0n) is 8.17. The van der Waals surface area contributed by atoms with Crippen LogP contribution in [0.3, 0.4) is 0 Å². The van der Waals surface area contributed by atoms with Crippen molar-refractivity contribution in [2.45, 2.75) is 12.5 Å². The molecule has 0 saturated heterocycles. The predicted octanol–water partition coefficient (Wildman–Crippen LogP) is 2.04. The highest BCUT2D eigenvalue weighted by atomic mass is 35.5. The highest BCUT2D eigenvalue weighted by molar-refractivity contribution is 6.35. The number of carbonyl (C=O) groups is 1. The van der Waals surface area contributed by atoms with E-state index in [0.29, 0.717) is 16.5 Å². The number of halogens is 2. The van der Waals surface area contributed by atoms with Crippen LogP contribution in [0.25, 0.3) is 0 Å². The number of hydrogen-bond acceptors (Lipinski definition) is 3. The Morgan fingerprint density at radius 1 is 1.53 bits per heavy atom. The largest absolute Gasteiger partial charge is 0.468 e. The van der Waals surface area contributed by atoms with Crippen LogP contribution in [0.2, 0.25) is 10.0 Å². The van der Waals surface area contributed by atoms with Gasteiger partial charge in [0.1, 0.15) is 6.04 Å². The third kappa shape index (κ3) is 3.38. The molecule has 0 amide bonds. The topological polar surface area (TPSA) is 52.3 Å². The molecule has 0 aliphatic heterocycles. The van der Waals surface area contributed by atoms with Crippen molar-refractivity contribution in [1.82, 2.24) is 0 Å². The quantitative estimate of drug-likeness (QED) is 0.832. The minimum absolute atomic E-state index is 0.336. The van der Waals surface area contributed by atoms with Gasteiger partial charge in [0.2, 0.25) is 0 Å². The Hall–Kier alpha value is -0.770. The Kier molecular flexibility index (Phi) is 4.39. The van der Waals surface area contributed by atoms with Gasteiger partial charge < -0.3 is 10.5 Å². The van der Waals surface area contributed by atoms with E-state index >= 15 is 0 Å². The van der Waals surface area contributed by atoms with Crippen molar-refractivity contribution in [2.24, 2.45) is 5.73 Å². The molecule has 3 nitrogen and oxygen atoms in total. The zero-order valence-corrected chi connectivity index (χ0v) is 9.68. The first-order valence-corrected chi connectivity index (χ1v) is 5.07. The van der Waals surface area contributed by atoms with Gasteiger partial charge in [-0.15, -0.1) is 0 Å². The summed E-state index contributed by atoms with van der Waals surface area (Å²) in [7, 11) is 1.30. The smallest absolute Gasteiger partial charge is 0.322 e. The van der Waals surface area contributed by atoms with Gasteiger partial charge in [-0.25, -0.2) is 0 Å². The molecule has 2 N–H and O–H groups in total. The first-order chi connectivity index (χ1) is 7.04. The predicted molar refractivity (Wildman–Crippen MR) is 60.2 cm³/mol. The Labute approximate surface area is 98.1 Å². The maximum Gasteiger partial charge on any atom is 0.322 e.